The van der Waals surface area contributed by atoms with Gasteiger partial charge in [-0.3, -0.25) is 4.90 Å². The Morgan fingerprint density at radius 1 is 1.50 bits per heavy atom. The van der Waals surface area contributed by atoms with Gasteiger partial charge >= 0.3 is 0 Å². The van der Waals surface area contributed by atoms with Gasteiger partial charge in [0.25, 0.3) is 0 Å². The van der Waals surface area contributed by atoms with Crippen LogP contribution in [0.4, 0.5) is 0 Å². The van der Waals surface area contributed by atoms with Crippen LogP contribution in [-0.4, -0.2) is 42.9 Å². The smallest absolute Gasteiger partial charge is 0.0351 e. The van der Waals surface area contributed by atoms with Crippen molar-refractivity contribution >= 4 is 11.8 Å². The minimum atomic E-state index is 0.715. The molecule has 1 radical (unpaired) electrons. The third-order valence-corrected chi connectivity index (χ3v) is 3.07. The first-order valence-corrected chi connectivity index (χ1v) is 4.91. The normalized spacial score (nSPS) is 35.4. The molecule has 2 nitrogen and oxygen atoms in total. The fraction of sp³-hybridized carbons (Fsp3) is 0.857. The Balaban J connectivity index is 1.93. The van der Waals surface area contributed by atoms with Crippen LogP contribution in [0.1, 0.15) is 0 Å². The highest BCUT2D eigenvalue weighted by Gasteiger charge is 2.24. The monoisotopic (exact) mass is 157 g/mol. The van der Waals surface area contributed by atoms with E-state index in [1.165, 1.54) is 25.4 Å². The van der Waals surface area contributed by atoms with Crippen molar-refractivity contribution < 1.29 is 0 Å². The number of hydrogen-bond donors (Lipinski definition) is 1. The van der Waals surface area contributed by atoms with Gasteiger partial charge in [-0.05, 0) is 0 Å². The van der Waals surface area contributed by atoms with E-state index in [4.69, 9.17) is 0 Å². The van der Waals surface area contributed by atoms with Gasteiger partial charge in [0.05, 0.1) is 0 Å². The van der Waals surface area contributed by atoms with Crippen LogP contribution in [0.5, 0.6) is 0 Å². The maximum absolute atomic E-state index is 3.40. The van der Waals surface area contributed by atoms with E-state index in [0.29, 0.717) is 6.04 Å². The zero-order valence-corrected chi connectivity index (χ0v) is 6.86. The molecule has 0 aromatic carbocycles. The maximum Gasteiger partial charge on any atom is 0.0351 e. The molecule has 2 fully saturated rings. The highest BCUT2D eigenvalue weighted by atomic mass is 32.2. The van der Waals surface area contributed by atoms with Crippen molar-refractivity contribution in [3.8, 4) is 0 Å². The van der Waals surface area contributed by atoms with E-state index in [0.717, 1.165) is 6.54 Å². The summed E-state index contributed by atoms with van der Waals surface area (Å²) in [6.07, 6.45) is 0. The zero-order chi connectivity index (χ0) is 6.81. The van der Waals surface area contributed by atoms with Gasteiger partial charge < -0.3 is 5.32 Å². The summed E-state index contributed by atoms with van der Waals surface area (Å²) < 4.78 is 0. The fourth-order valence-corrected chi connectivity index (χ4v) is 2.49. The predicted molar refractivity (Wildman–Crippen MR) is 45.0 cm³/mol. The lowest BCUT2D eigenvalue weighted by Gasteiger charge is -2.38. The van der Waals surface area contributed by atoms with E-state index in [2.05, 4.69) is 16.0 Å². The van der Waals surface area contributed by atoms with E-state index >= 15 is 0 Å². The van der Waals surface area contributed by atoms with Crippen LogP contribution in [0, 0.1) is 5.75 Å². The third-order valence-electron chi connectivity index (χ3n) is 2.15. The molecule has 0 spiro atoms. The molecule has 1 N–H and O–H groups in total. The molecule has 0 bridgehead atoms. The average molecular weight is 157 g/mol. The minimum Gasteiger partial charge on any atom is -0.314 e. The Morgan fingerprint density at radius 2 is 2.50 bits per heavy atom. The molecule has 2 saturated heterocycles. The second-order valence-corrected chi connectivity index (χ2v) is 3.83. The van der Waals surface area contributed by atoms with Crippen molar-refractivity contribution in [1.29, 1.82) is 0 Å². The summed E-state index contributed by atoms with van der Waals surface area (Å²) >= 11 is 1.97. The summed E-state index contributed by atoms with van der Waals surface area (Å²) in [6, 6.07) is 0.715. The van der Waals surface area contributed by atoms with Crippen LogP contribution in [-0.2, 0) is 0 Å². The summed E-state index contributed by atoms with van der Waals surface area (Å²) in [7, 11) is 0. The van der Waals surface area contributed by atoms with Crippen LogP contribution in [0.15, 0.2) is 0 Å². The molecule has 2 heterocycles. The molecule has 1 unspecified atom stereocenters. The summed E-state index contributed by atoms with van der Waals surface area (Å²) in [5, 5.41) is 3.40. The van der Waals surface area contributed by atoms with Gasteiger partial charge in [-0.1, -0.05) is 0 Å². The molecule has 2 rings (SSSR count). The zero-order valence-electron chi connectivity index (χ0n) is 6.05. The Kier molecular flexibility index (Phi) is 2.16. The van der Waals surface area contributed by atoms with Gasteiger partial charge in [0.15, 0.2) is 0 Å². The Hall–Kier alpha value is 0.270. The third kappa shape index (κ3) is 1.31. The Labute approximate surface area is 66.4 Å². The molecule has 0 saturated carbocycles. The molecular formula is C7H13N2S. The fourth-order valence-electron chi connectivity index (χ4n) is 1.53. The summed E-state index contributed by atoms with van der Waals surface area (Å²) in [6.45, 7) is 4.86. The molecule has 2 aliphatic rings. The second kappa shape index (κ2) is 3.11. The van der Waals surface area contributed by atoms with E-state index in [-0.39, 0.29) is 0 Å². The second-order valence-electron chi connectivity index (χ2n) is 2.81. The van der Waals surface area contributed by atoms with Gasteiger partial charge in [-0.15, -0.1) is 0 Å². The molecule has 0 amide bonds. The number of piperazine rings is 1. The molecule has 0 aromatic rings. The van der Waals surface area contributed by atoms with Crippen molar-refractivity contribution in [2.45, 2.75) is 6.04 Å². The van der Waals surface area contributed by atoms with Crippen LogP contribution < -0.4 is 5.32 Å². The quantitative estimate of drug-likeness (QED) is 0.539. The van der Waals surface area contributed by atoms with E-state index < -0.39 is 0 Å². The van der Waals surface area contributed by atoms with Gasteiger partial charge in [-0.2, -0.15) is 11.8 Å². The molecule has 1 atom stereocenters. The van der Waals surface area contributed by atoms with Crippen molar-refractivity contribution in [2.75, 3.05) is 31.9 Å². The van der Waals surface area contributed by atoms with E-state index in [9.17, 15) is 0 Å². The molecule has 57 valence electrons. The van der Waals surface area contributed by atoms with Gasteiger partial charge in [0, 0.05) is 43.7 Å². The number of rotatable bonds is 0. The van der Waals surface area contributed by atoms with Crippen LogP contribution in [0.25, 0.3) is 0 Å². The lowest BCUT2D eigenvalue weighted by atomic mass is 10.2. The SMILES string of the molecule is [CH]1SCCN2CCNCC12. The van der Waals surface area contributed by atoms with Crippen molar-refractivity contribution in [3.63, 3.8) is 0 Å². The molecule has 0 aromatic heterocycles. The molecule has 2 aliphatic heterocycles. The highest BCUT2D eigenvalue weighted by Crippen LogP contribution is 2.21. The maximum atomic E-state index is 3.40. The van der Waals surface area contributed by atoms with E-state index in [1.807, 2.05) is 11.8 Å². The van der Waals surface area contributed by atoms with Crippen LogP contribution in [0.2, 0.25) is 0 Å². The van der Waals surface area contributed by atoms with E-state index in [1.54, 1.807) is 0 Å². The Bertz CT molecular complexity index is 92.2. The number of hydrogen-bond acceptors (Lipinski definition) is 3. The topological polar surface area (TPSA) is 15.3 Å². The van der Waals surface area contributed by atoms with Crippen LogP contribution >= 0.6 is 11.8 Å². The van der Waals surface area contributed by atoms with Gasteiger partial charge in [0.2, 0.25) is 0 Å². The van der Waals surface area contributed by atoms with Gasteiger partial charge in [0.1, 0.15) is 0 Å². The lowest BCUT2D eigenvalue weighted by Crippen LogP contribution is -2.53. The first-order chi connectivity index (χ1) is 4.97. The summed E-state index contributed by atoms with van der Waals surface area (Å²) in [5.41, 5.74) is 0. The summed E-state index contributed by atoms with van der Waals surface area (Å²) in [5.74, 6) is 3.66. The number of nitrogens with zero attached hydrogens (tertiary/aromatic N) is 1. The highest BCUT2D eigenvalue weighted by molar-refractivity contribution is 8.01. The first-order valence-electron chi connectivity index (χ1n) is 3.86. The molecule has 10 heavy (non-hydrogen) atoms. The standard InChI is InChI=1S/C7H13N2S/c1-2-9-3-4-10-6-7(9)5-8-1/h6-8H,1-5H2. The Morgan fingerprint density at radius 3 is 3.40 bits per heavy atom. The summed E-state index contributed by atoms with van der Waals surface area (Å²) in [4.78, 5) is 2.56. The lowest BCUT2D eigenvalue weighted by molar-refractivity contribution is 0.195. The average Bonchev–Trinajstić information content (AvgIpc) is 2.05. The largest absolute Gasteiger partial charge is 0.314 e. The molecule has 0 aliphatic carbocycles. The number of nitrogens with one attached hydrogen (secondary N) is 1. The van der Waals surface area contributed by atoms with Crippen molar-refractivity contribution in [2.24, 2.45) is 0 Å². The van der Waals surface area contributed by atoms with Crippen molar-refractivity contribution in [3.05, 3.63) is 5.75 Å². The minimum absolute atomic E-state index is 0.715. The van der Waals surface area contributed by atoms with Gasteiger partial charge in [-0.25, -0.2) is 0 Å². The van der Waals surface area contributed by atoms with Crippen molar-refractivity contribution in [1.82, 2.24) is 10.2 Å². The van der Waals surface area contributed by atoms with Crippen LogP contribution in [0.3, 0.4) is 0 Å². The molecular weight excluding hydrogens is 144 g/mol. The molecule has 3 heteroatoms. The predicted octanol–water partition coefficient (Wildman–Crippen LogP) is 0.169. The number of fused-ring (bicyclic) bond motifs is 1. The first kappa shape index (κ1) is 6.95. The number of thioether (sulfide) groups is 1.